The molecule has 0 aliphatic heterocycles. The van der Waals surface area contributed by atoms with Gasteiger partial charge in [0.2, 0.25) is 5.91 Å². The maximum Gasteiger partial charge on any atom is 0.243 e. The van der Waals surface area contributed by atoms with Crippen molar-refractivity contribution in [2.75, 3.05) is 30.4 Å². The number of anilines is 2. The molecule has 2 N–H and O–H groups in total. The van der Waals surface area contributed by atoms with Crippen molar-refractivity contribution in [2.45, 2.75) is 26.2 Å². The summed E-state index contributed by atoms with van der Waals surface area (Å²) in [6, 6.07) is 25.3. The normalized spacial score (nSPS) is 10.4. The van der Waals surface area contributed by atoms with Crippen LogP contribution in [0.15, 0.2) is 78.9 Å². The van der Waals surface area contributed by atoms with Crippen LogP contribution in [-0.4, -0.2) is 25.7 Å². The van der Waals surface area contributed by atoms with E-state index >= 15 is 0 Å². The number of benzene rings is 3. The molecule has 3 aromatic carbocycles. The molecule has 0 unspecified atom stereocenters. The Hall–Kier alpha value is -3.47. The Balaban J connectivity index is 1.41. The Morgan fingerprint density at radius 2 is 1.58 bits per heavy atom. The van der Waals surface area contributed by atoms with E-state index in [9.17, 15) is 4.79 Å². The van der Waals surface area contributed by atoms with Gasteiger partial charge >= 0.3 is 0 Å². The average molecular weight is 419 g/mol. The third-order valence-electron chi connectivity index (χ3n) is 4.69. The predicted molar refractivity (Wildman–Crippen MR) is 126 cm³/mol. The molecule has 0 aliphatic rings. The zero-order valence-electron chi connectivity index (χ0n) is 18.0. The molecule has 0 atom stereocenters. The molecule has 0 saturated heterocycles. The van der Waals surface area contributed by atoms with Crippen LogP contribution >= 0.6 is 0 Å². The fourth-order valence-corrected chi connectivity index (χ4v) is 2.99. The number of rotatable bonds is 12. The van der Waals surface area contributed by atoms with Gasteiger partial charge in [0, 0.05) is 23.9 Å². The number of nitrogens with one attached hydrogen (secondary N) is 2. The molecule has 5 nitrogen and oxygen atoms in total. The summed E-state index contributed by atoms with van der Waals surface area (Å²) in [6.45, 7) is 3.62. The fourth-order valence-electron chi connectivity index (χ4n) is 2.99. The summed E-state index contributed by atoms with van der Waals surface area (Å²) >= 11 is 0. The van der Waals surface area contributed by atoms with Crippen molar-refractivity contribution in [1.29, 1.82) is 0 Å². The van der Waals surface area contributed by atoms with Crippen molar-refractivity contribution in [3.8, 4) is 11.5 Å². The lowest BCUT2D eigenvalue weighted by atomic mass is 10.2. The van der Waals surface area contributed by atoms with Crippen LogP contribution in [0.4, 0.5) is 11.4 Å². The molecule has 5 heteroatoms. The molecule has 0 fully saturated rings. The quantitative estimate of drug-likeness (QED) is 0.379. The number of carbonyl (C=O) groups excluding carboxylic acids is 1. The molecule has 1 amide bonds. The lowest BCUT2D eigenvalue weighted by molar-refractivity contribution is -0.114. The van der Waals surface area contributed by atoms with Crippen molar-refractivity contribution in [1.82, 2.24) is 0 Å². The van der Waals surface area contributed by atoms with Gasteiger partial charge in [-0.2, -0.15) is 0 Å². The molecule has 162 valence electrons. The lowest BCUT2D eigenvalue weighted by Gasteiger charge is -2.11. The smallest absolute Gasteiger partial charge is 0.243 e. The molecule has 0 spiro atoms. The molecule has 0 saturated carbocycles. The first-order chi connectivity index (χ1) is 15.2. The average Bonchev–Trinajstić information content (AvgIpc) is 2.80. The summed E-state index contributed by atoms with van der Waals surface area (Å²) < 4.78 is 11.5. The van der Waals surface area contributed by atoms with E-state index in [1.807, 2.05) is 66.7 Å². The van der Waals surface area contributed by atoms with E-state index in [0.717, 1.165) is 43.1 Å². The van der Waals surface area contributed by atoms with Gasteiger partial charge in [-0.1, -0.05) is 49.7 Å². The minimum absolute atomic E-state index is 0.121. The first-order valence-corrected chi connectivity index (χ1v) is 10.8. The Morgan fingerprint density at radius 3 is 2.35 bits per heavy atom. The Labute approximate surface area is 184 Å². The van der Waals surface area contributed by atoms with E-state index in [1.165, 1.54) is 5.56 Å². The van der Waals surface area contributed by atoms with Gasteiger partial charge in [0.05, 0.1) is 19.8 Å². The fraction of sp³-hybridized carbons (Fsp3) is 0.269. The van der Waals surface area contributed by atoms with E-state index < -0.39 is 0 Å². The number of hydrogen-bond acceptors (Lipinski definition) is 4. The van der Waals surface area contributed by atoms with Crippen LogP contribution in [0.5, 0.6) is 11.5 Å². The van der Waals surface area contributed by atoms with Crippen molar-refractivity contribution in [3.05, 3.63) is 84.4 Å². The summed E-state index contributed by atoms with van der Waals surface area (Å²) in [5.74, 6) is 1.46. The van der Waals surface area contributed by atoms with E-state index in [2.05, 4.69) is 29.7 Å². The van der Waals surface area contributed by atoms with Gasteiger partial charge in [-0.25, -0.2) is 0 Å². The van der Waals surface area contributed by atoms with Gasteiger partial charge in [0.15, 0.2) is 0 Å². The van der Waals surface area contributed by atoms with Crippen molar-refractivity contribution >= 4 is 17.3 Å². The second kappa shape index (κ2) is 12.3. The topological polar surface area (TPSA) is 59.6 Å². The van der Waals surface area contributed by atoms with Gasteiger partial charge in [-0.15, -0.1) is 0 Å². The van der Waals surface area contributed by atoms with E-state index in [1.54, 1.807) is 0 Å². The highest BCUT2D eigenvalue weighted by atomic mass is 16.5. The van der Waals surface area contributed by atoms with Gasteiger partial charge in [-0.05, 0) is 48.4 Å². The maximum absolute atomic E-state index is 12.3. The van der Waals surface area contributed by atoms with Gasteiger partial charge in [0.25, 0.3) is 0 Å². The second-order valence-electron chi connectivity index (χ2n) is 7.24. The standard InChI is InChI=1S/C26H30N2O3/c1-2-3-17-30-24-14-12-22(13-15-24)27-20-26(29)28-23-10-7-11-25(19-23)31-18-16-21-8-5-4-6-9-21/h4-15,19,27H,2-3,16-18,20H2,1H3,(H,28,29). The molecule has 0 aromatic heterocycles. The number of ether oxygens (including phenoxy) is 2. The monoisotopic (exact) mass is 418 g/mol. The van der Waals surface area contributed by atoms with Gasteiger partial charge in [0.1, 0.15) is 11.5 Å². The van der Waals surface area contributed by atoms with Gasteiger partial charge < -0.3 is 20.1 Å². The van der Waals surface area contributed by atoms with Crippen LogP contribution in [0.2, 0.25) is 0 Å². The molecular weight excluding hydrogens is 388 g/mol. The highest BCUT2D eigenvalue weighted by Crippen LogP contribution is 2.18. The summed E-state index contributed by atoms with van der Waals surface area (Å²) in [6.07, 6.45) is 2.99. The van der Waals surface area contributed by atoms with E-state index in [-0.39, 0.29) is 12.5 Å². The number of carbonyl (C=O) groups is 1. The molecule has 0 heterocycles. The van der Waals surface area contributed by atoms with Crippen molar-refractivity contribution < 1.29 is 14.3 Å². The lowest BCUT2D eigenvalue weighted by Crippen LogP contribution is -2.21. The number of amides is 1. The van der Waals surface area contributed by atoms with Crippen molar-refractivity contribution in [2.24, 2.45) is 0 Å². The Bertz CT molecular complexity index is 927. The van der Waals surface area contributed by atoms with E-state index in [0.29, 0.717) is 12.3 Å². The van der Waals surface area contributed by atoms with Crippen LogP contribution in [0.3, 0.4) is 0 Å². The van der Waals surface area contributed by atoms with Crippen LogP contribution in [-0.2, 0) is 11.2 Å². The first kappa shape index (κ1) is 22.2. The maximum atomic E-state index is 12.3. The van der Waals surface area contributed by atoms with Crippen LogP contribution in [0.25, 0.3) is 0 Å². The van der Waals surface area contributed by atoms with Crippen molar-refractivity contribution in [3.63, 3.8) is 0 Å². The molecule has 3 rings (SSSR count). The minimum Gasteiger partial charge on any atom is -0.494 e. The van der Waals surface area contributed by atoms with Crippen LogP contribution < -0.4 is 20.1 Å². The summed E-state index contributed by atoms with van der Waals surface area (Å²) in [5, 5.41) is 6.03. The zero-order chi connectivity index (χ0) is 21.7. The first-order valence-electron chi connectivity index (χ1n) is 10.8. The molecule has 0 radical (unpaired) electrons. The summed E-state index contributed by atoms with van der Waals surface area (Å²) in [4.78, 5) is 12.3. The number of unbranched alkanes of at least 4 members (excludes halogenated alkanes) is 1. The van der Waals surface area contributed by atoms with Crippen LogP contribution in [0, 0.1) is 0 Å². The van der Waals surface area contributed by atoms with Gasteiger partial charge in [-0.3, -0.25) is 4.79 Å². The Morgan fingerprint density at radius 1 is 0.806 bits per heavy atom. The third-order valence-corrected chi connectivity index (χ3v) is 4.69. The highest BCUT2D eigenvalue weighted by molar-refractivity contribution is 5.93. The predicted octanol–water partition coefficient (Wildman–Crippen LogP) is 5.54. The third kappa shape index (κ3) is 8.05. The molecule has 0 aliphatic carbocycles. The van der Waals surface area contributed by atoms with E-state index in [4.69, 9.17) is 9.47 Å². The molecule has 0 bridgehead atoms. The Kier molecular flexibility index (Phi) is 8.80. The molecular formula is C26H30N2O3. The number of hydrogen-bond donors (Lipinski definition) is 2. The summed E-state index contributed by atoms with van der Waals surface area (Å²) in [5.41, 5.74) is 2.82. The SMILES string of the molecule is CCCCOc1ccc(NCC(=O)Nc2cccc(OCCc3ccccc3)c2)cc1. The second-order valence-corrected chi connectivity index (χ2v) is 7.24. The summed E-state index contributed by atoms with van der Waals surface area (Å²) in [7, 11) is 0. The molecule has 31 heavy (non-hydrogen) atoms. The zero-order valence-corrected chi connectivity index (χ0v) is 18.0. The largest absolute Gasteiger partial charge is 0.494 e. The minimum atomic E-state index is -0.121. The molecule has 3 aromatic rings. The highest BCUT2D eigenvalue weighted by Gasteiger charge is 2.04. The van der Waals surface area contributed by atoms with Crippen LogP contribution in [0.1, 0.15) is 25.3 Å².